The SMILES string of the molecule is CCCC(CC)(CC)CCN. The summed E-state index contributed by atoms with van der Waals surface area (Å²) in [6.07, 6.45) is 6.41. The van der Waals surface area contributed by atoms with Crippen molar-refractivity contribution in [2.24, 2.45) is 11.1 Å². The van der Waals surface area contributed by atoms with Crippen LogP contribution in [-0.2, 0) is 0 Å². The third-order valence-electron chi connectivity index (χ3n) is 2.95. The first-order valence-electron chi connectivity index (χ1n) is 4.94. The van der Waals surface area contributed by atoms with Crippen LogP contribution in [0.1, 0.15) is 52.9 Å². The summed E-state index contributed by atoms with van der Waals surface area (Å²) in [5.41, 5.74) is 6.16. The van der Waals surface area contributed by atoms with E-state index in [1.165, 1.54) is 32.1 Å². The van der Waals surface area contributed by atoms with Crippen molar-refractivity contribution in [1.29, 1.82) is 0 Å². The third-order valence-corrected chi connectivity index (χ3v) is 2.95. The molecule has 0 aliphatic heterocycles. The number of nitrogens with two attached hydrogens (primary N) is 1. The highest BCUT2D eigenvalue weighted by atomic mass is 14.5. The minimum Gasteiger partial charge on any atom is -0.330 e. The third kappa shape index (κ3) is 3.24. The van der Waals surface area contributed by atoms with Gasteiger partial charge in [0, 0.05) is 0 Å². The Hall–Kier alpha value is -0.0400. The van der Waals surface area contributed by atoms with Gasteiger partial charge in [0.2, 0.25) is 0 Å². The zero-order valence-corrected chi connectivity index (χ0v) is 8.32. The molecule has 0 saturated heterocycles. The molecular weight excluding hydrogens is 134 g/mol. The van der Waals surface area contributed by atoms with Crippen LogP contribution < -0.4 is 5.73 Å². The topological polar surface area (TPSA) is 26.0 Å². The number of rotatable bonds is 6. The smallest absolute Gasteiger partial charge is 0.00720 e. The van der Waals surface area contributed by atoms with Crippen molar-refractivity contribution in [2.75, 3.05) is 6.54 Å². The highest BCUT2D eigenvalue weighted by Gasteiger charge is 2.23. The van der Waals surface area contributed by atoms with Crippen LogP contribution in [0.3, 0.4) is 0 Å². The van der Waals surface area contributed by atoms with Crippen molar-refractivity contribution in [3.8, 4) is 0 Å². The Morgan fingerprint density at radius 3 is 1.82 bits per heavy atom. The average molecular weight is 157 g/mol. The predicted molar refractivity (Wildman–Crippen MR) is 51.6 cm³/mol. The Morgan fingerprint density at radius 1 is 1.00 bits per heavy atom. The highest BCUT2D eigenvalue weighted by Crippen LogP contribution is 2.34. The molecule has 1 nitrogen and oxygen atoms in total. The van der Waals surface area contributed by atoms with Crippen LogP contribution in [0.25, 0.3) is 0 Å². The first-order chi connectivity index (χ1) is 5.24. The molecule has 0 amide bonds. The maximum atomic E-state index is 5.60. The monoisotopic (exact) mass is 157 g/mol. The van der Waals surface area contributed by atoms with Gasteiger partial charge in [-0.15, -0.1) is 0 Å². The second-order valence-electron chi connectivity index (χ2n) is 3.50. The van der Waals surface area contributed by atoms with E-state index in [0.717, 1.165) is 6.54 Å². The van der Waals surface area contributed by atoms with Crippen molar-refractivity contribution < 1.29 is 0 Å². The Balaban J connectivity index is 3.96. The van der Waals surface area contributed by atoms with Crippen LogP contribution in [0, 0.1) is 5.41 Å². The van der Waals surface area contributed by atoms with E-state index >= 15 is 0 Å². The lowest BCUT2D eigenvalue weighted by atomic mass is 9.76. The molecule has 0 aromatic carbocycles. The van der Waals surface area contributed by atoms with Crippen molar-refractivity contribution in [1.82, 2.24) is 0 Å². The summed E-state index contributed by atoms with van der Waals surface area (Å²) in [5, 5.41) is 0. The average Bonchev–Trinajstić information content (AvgIpc) is 2.04. The minimum atomic E-state index is 0.559. The quantitative estimate of drug-likeness (QED) is 0.630. The summed E-state index contributed by atoms with van der Waals surface area (Å²) in [6, 6.07) is 0. The second kappa shape index (κ2) is 5.59. The lowest BCUT2D eigenvalue weighted by Crippen LogP contribution is -2.22. The van der Waals surface area contributed by atoms with Gasteiger partial charge in [-0.1, -0.05) is 40.0 Å². The molecule has 1 heteroatoms. The van der Waals surface area contributed by atoms with Gasteiger partial charge in [0.1, 0.15) is 0 Å². The first-order valence-corrected chi connectivity index (χ1v) is 4.94. The first kappa shape index (κ1) is 11.0. The molecule has 0 aromatic rings. The maximum absolute atomic E-state index is 5.60. The number of hydrogen-bond acceptors (Lipinski definition) is 1. The summed E-state index contributed by atoms with van der Waals surface area (Å²) >= 11 is 0. The fraction of sp³-hybridized carbons (Fsp3) is 1.00. The molecule has 0 aromatic heterocycles. The molecule has 0 aliphatic carbocycles. The van der Waals surface area contributed by atoms with Gasteiger partial charge < -0.3 is 5.73 Å². The zero-order chi connectivity index (χ0) is 8.74. The van der Waals surface area contributed by atoms with Gasteiger partial charge >= 0.3 is 0 Å². The van der Waals surface area contributed by atoms with E-state index in [2.05, 4.69) is 20.8 Å². The summed E-state index contributed by atoms with van der Waals surface area (Å²) < 4.78 is 0. The van der Waals surface area contributed by atoms with Crippen molar-refractivity contribution in [3.63, 3.8) is 0 Å². The fourth-order valence-corrected chi connectivity index (χ4v) is 1.92. The molecule has 0 spiro atoms. The Labute approximate surface area is 71.4 Å². The summed E-state index contributed by atoms with van der Waals surface area (Å²) in [7, 11) is 0. The molecule has 0 fully saturated rings. The minimum absolute atomic E-state index is 0.559. The van der Waals surface area contributed by atoms with Gasteiger partial charge in [0.25, 0.3) is 0 Å². The van der Waals surface area contributed by atoms with E-state index in [4.69, 9.17) is 5.73 Å². The van der Waals surface area contributed by atoms with Gasteiger partial charge in [-0.2, -0.15) is 0 Å². The molecule has 0 unspecified atom stereocenters. The van der Waals surface area contributed by atoms with E-state index in [1.54, 1.807) is 0 Å². The number of hydrogen-bond donors (Lipinski definition) is 1. The molecule has 2 N–H and O–H groups in total. The molecule has 0 aliphatic rings. The van der Waals surface area contributed by atoms with Crippen LogP contribution in [0.15, 0.2) is 0 Å². The largest absolute Gasteiger partial charge is 0.330 e. The van der Waals surface area contributed by atoms with Crippen molar-refractivity contribution in [2.45, 2.75) is 52.9 Å². The fourth-order valence-electron chi connectivity index (χ4n) is 1.92. The summed E-state index contributed by atoms with van der Waals surface area (Å²) in [6.45, 7) is 7.68. The van der Waals surface area contributed by atoms with E-state index in [9.17, 15) is 0 Å². The van der Waals surface area contributed by atoms with Gasteiger partial charge in [-0.3, -0.25) is 0 Å². The Kier molecular flexibility index (Phi) is 5.57. The van der Waals surface area contributed by atoms with Crippen molar-refractivity contribution in [3.05, 3.63) is 0 Å². The van der Waals surface area contributed by atoms with E-state index < -0.39 is 0 Å². The normalized spacial score (nSPS) is 12.0. The molecule has 11 heavy (non-hydrogen) atoms. The summed E-state index contributed by atoms with van der Waals surface area (Å²) in [4.78, 5) is 0. The predicted octanol–water partition coefficient (Wildman–Crippen LogP) is 2.94. The van der Waals surface area contributed by atoms with Gasteiger partial charge in [0.05, 0.1) is 0 Å². The lowest BCUT2D eigenvalue weighted by Gasteiger charge is -2.30. The van der Waals surface area contributed by atoms with Crippen LogP contribution in [0.4, 0.5) is 0 Å². The van der Waals surface area contributed by atoms with Crippen LogP contribution in [0.5, 0.6) is 0 Å². The Morgan fingerprint density at radius 2 is 1.55 bits per heavy atom. The Bertz CT molecular complexity index is 76.9. The molecule has 68 valence electrons. The summed E-state index contributed by atoms with van der Waals surface area (Å²) in [5.74, 6) is 0. The lowest BCUT2D eigenvalue weighted by molar-refractivity contribution is 0.220. The van der Waals surface area contributed by atoms with Crippen molar-refractivity contribution >= 4 is 0 Å². The zero-order valence-electron chi connectivity index (χ0n) is 8.32. The molecule has 0 bridgehead atoms. The van der Waals surface area contributed by atoms with Crippen LogP contribution in [-0.4, -0.2) is 6.54 Å². The van der Waals surface area contributed by atoms with E-state index in [0.29, 0.717) is 5.41 Å². The van der Waals surface area contributed by atoms with Gasteiger partial charge in [0.15, 0.2) is 0 Å². The maximum Gasteiger partial charge on any atom is -0.00720 e. The molecule has 0 heterocycles. The van der Waals surface area contributed by atoms with Gasteiger partial charge in [-0.05, 0) is 24.8 Å². The standard InChI is InChI=1S/C10H23N/c1-4-7-10(5-2,6-3)8-9-11/h4-9,11H2,1-3H3. The molecule has 0 saturated carbocycles. The van der Waals surface area contributed by atoms with E-state index in [1.807, 2.05) is 0 Å². The van der Waals surface area contributed by atoms with Crippen LogP contribution >= 0.6 is 0 Å². The highest BCUT2D eigenvalue weighted by molar-refractivity contribution is 4.76. The van der Waals surface area contributed by atoms with Crippen LogP contribution in [0.2, 0.25) is 0 Å². The molecule has 0 rings (SSSR count). The van der Waals surface area contributed by atoms with Gasteiger partial charge in [-0.25, -0.2) is 0 Å². The second-order valence-corrected chi connectivity index (χ2v) is 3.50. The molecular formula is C10H23N. The molecule has 0 atom stereocenters. The van der Waals surface area contributed by atoms with E-state index in [-0.39, 0.29) is 0 Å². The molecule has 0 radical (unpaired) electrons.